The Kier molecular flexibility index (Phi) is 6.57. The predicted molar refractivity (Wildman–Crippen MR) is 103 cm³/mol. The van der Waals surface area contributed by atoms with Gasteiger partial charge in [-0.15, -0.1) is 0 Å². The summed E-state index contributed by atoms with van der Waals surface area (Å²) in [6.45, 7) is 1.68. The molecule has 0 spiro atoms. The van der Waals surface area contributed by atoms with E-state index in [9.17, 15) is 18.0 Å². The lowest BCUT2D eigenvalue weighted by molar-refractivity contribution is -0.119. The van der Waals surface area contributed by atoms with Crippen LogP contribution in [0.1, 0.15) is 21.5 Å². The molecule has 1 amide bonds. The second kappa shape index (κ2) is 8.68. The normalized spacial score (nSPS) is 10.9. The van der Waals surface area contributed by atoms with Crippen LogP contribution >= 0.6 is 0 Å². The highest BCUT2D eigenvalue weighted by atomic mass is 32.2. The fraction of sp³-hybridized carbons (Fsp3) is 0.263. The number of anilines is 1. The minimum atomic E-state index is -3.62. The van der Waals surface area contributed by atoms with E-state index in [4.69, 9.17) is 0 Å². The van der Waals surface area contributed by atoms with Crippen LogP contribution in [0.4, 0.5) is 5.69 Å². The fourth-order valence-electron chi connectivity index (χ4n) is 2.49. The molecule has 0 aromatic heterocycles. The van der Waals surface area contributed by atoms with Crippen molar-refractivity contribution in [3.63, 3.8) is 0 Å². The van der Waals surface area contributed by atoms with E-state index in [2.05, 4.69) is 10.1 Å². The summed E-state index contributed by atoms with van der Waals surface area (Å²) in [5.41, 5.74) is 2.42. The second-order valence-electron chi connectivity index (χ2n) is 6.02. The zero-order valence-corrected chi connectivity index (χ0v) is 16.2. The summed E-state index contributed by atoms with van der Waals surface area (Å²) < 4.78 is 30.0. The highest BCUT2D eigenvalue weighted by Gasteiger charge is 2.22. The van der Waals surface area contributed by atoms with Crippen molar-refractivity contribution in [1.29, 1.82) is 0 Å². The first-order valence-corrected chi connectivity index (χ1v) is 10.0. The zero-order valence-electron chi connectivity index (χ0n) is 15.4. The number of aryl methyl sites for hydroxylation is 1. The largest absolute Gasteiger partial charge is 0.465 e. The number of nitrogens with zero attached hydrogens (tertiary/aromatic N) is 1. The minimum Gasteiger partial charge on any atom is -0.465 e. The van der Waals surface area contributed by atoms with Gasteiger partial charge >= 0.3 is 5.97 Å². The maximum absolute atomic E-state index is 12.3. The Hall–Kier alpha value is -2.87. The number of ether oxygens (including phenoxy) is 1. The van der Waals surface area contributed by atoms with E-state index in [1.54, 1.807) is 55.5 Å². The predicted octanol–water partition coefficient (Wildman–Crippen LogP) is 1.86. The molecule has 0 aliphatic carbocycles. The molecule has 0 atom stereocenters. The number of esters is 1. The Morgan fingerprint density at radius 3 is 2.26 bits per heavy atom. The van der Waals surface area contributed by atoms with Crippen LogP contribution in [0.2, 0.25) is 0 Å². The molecule has 2 aromatic rings. The lowest BCUT2D eigenvalue weighted by Crippen LogP contribution is -2.40. The van der Waals surface area contributed by atoms with Crippen molar-refractivity contribution in [1.82, 2.24) is 5.32 Å². The van der Waals surface area contributed by atoms with Gasteiger partial charge in [-0.3, -0.25) is 9.10 Å². The van der Waals surface area contributed by atoms with Crippen LogP contribution in [0.5, 0.6) is 0 Å². The molecular weight excluding hydrogens is 368 g/mol. The first-order chi connectivity index (χ1) is 12.7. The number of methoxy groups -OCH3 is 1. The average molecular weight is 390 g/mol. The number of hydrogen-bond donors (Lipinski definition) is 1. The summed E-state index contributed by atoms with van der Waals surface area (Å²) in [4.78, 5) is 23.7. The number of nitrogens with one attached hydrogen (secondary N) is 1. The summed E-state index contributed by atoms with van der Waals surface area (Å²) in [7, 11) is -2.31. The summed E-state index contributed by atoms with van der Waals surface area (Å²) in [5.74, 6) is -0.867. The van der Waals surface area contributed by atoms with E-state index >= 15 is 0 Å². The fourth-order valence-corrected chi connectivity index (χ4v) is 3.40. The van der Waals surface area contributed by atoms with Gasteiger partial charge in [-0.1, -0.05) is 30.3 Å². The Labute approximate surface area is 159 Å². The van der Waals surface area contributed by atoms with Crippen LogP contribution in [0.25, 0.3) is 0 Å². The van der Waals surface area contributed by atoms with Gasteiger partial charge in [0.1, 0.15) is 6.54 Å². The summed E-state index contributed by atoms with van der Waals surface area (Å²) in [5, 5.41) is 2.69. The Bertz CT molecular complexity index is 923. The molecule has 0 heterocycles. The van der Waals surface area contributed by atoms with Gasteiger partial charge in [-0.25, -0.2) is 13.2 Å². The van der Waals surface area contributed by atoms with Crippen molar-refractivity contribution >= 4 is 27.6 Å². The first-order valence-electron chi connectivity index (χ1n) is 8.19. The number of carbonyl (C=O) groups excluding carboxylic acids is 2. The second-order valence-corrected chi connectivity index (χ2v) is 7.93. The molecule has 144 valence electrons. The van der Waals surface area contributed by atoms with Crippen molar-refractivity contribution < 1.29 is 22.7 Å². The van der Waals surface area contributed by atoms with Crippen molar-refractivity contribution in [2.45, 2.75) is 13.5 Å². The zero-order chi connectivity index (χ0) is 20.0. The van der Waals surface area contributed by atoms with Gasteiger partial charge in [0.25, 0.3) is 0 Å². The molecule has 1 N–H and O–H groups in total. The smallest absolute Gasteiger partial charge is 0.337 e. The monoisotopic (exact) mass is 390 g/mol. The molecule has 27 heavy (non-hydrogen) atoms. The van der Waals surface area contributed by atoms with Crippen LogP contribution in [-0.2, 0) is 26.1 Å². The molecule has 0 saturated heterocycles. The number of para-hydroxylation sites is 1. The van der Waals surface area contributed by atoms with E-state index in [0.29, 0.717) is 11.3 Å². The molecule has 0 radical (unpaired) electrons. The van der Waals surface area contributed by atoms with Crippen molar-refractivity contribution in [3.05, 3.63) is 65.2 Å². The Morgan fingerprint density at radius 1 is 1.07 bits per heavy atom. The SMILES string of the molecule is COC(=O)c1ccc(CNC(=O)CN(c2ccccc2C)S(C)(=O)=O)cc1. The summed E-state index contributed by atoms with van der Waals surface area (Å²) in [6.07, 6.45) is 1.07. The van der Waals surface area contributed by atoms with Gasteiger partial charge in [-0.05, 0) is 36.2 Å². The van der Waals surface area contributed by atoms with Crippen LogP contribution in [-0.4, -0.2) is 40.2 Å². The van der Waals surface area contributed by atoms with E-state index in [0.717, 1.165) is 21.7 Å². The standard InChI is InChI=1S/C19H22N2O5S/c1-14-6-4-5-7-17(14)21(27(3,24)25)13-18(22)20-12-15-8-10-16(11-9-15)19(23)26-2/h4-11H,12-13H2,1-3H3,(H,20,22). The van der Waals surface area contributed by atoms with E-state index in [1.807, 2.05) is 0 Å². The van der Waals surface area contributed by atoms with Gasteiger partial charge in [0.05, 0.1) is 24.6 Å². The highest BCUT2D eigenvalue weighted by Crippen LogP contribution is 2.21. The van der Waals surface area contributed by atoms with E-state index in [1.165, 1.54) is 7.11 Å². The first kappa shape index (κ1) is 20.4. The topological polar surface area (TPSA) is 92.8 Å². The highest BCUT2D eigenvalue weighted by molar-refractivity contribution is 7.92. The van der Waals surface area contributed by atoms with Gasteiger partial charge in [0.15, 0.2) is 0 Å². The third-order valence-electron chi connectivity index (χ3n) is 3.94. The molecule has 0 aliphatic rings. The molecule has 0 unspecified atom stereocenters. The lowest BCUT2D eigenvalue weighted by atomic mass is 10.1. The average Bonchev–Trinajstić information content (AvgIpc) is 2.64. The molecule has 0 saturated carbocycles. The summed E-state index contributed by atoms with van der Waals surface area (Å²) in [6, 6.07) is 13.6. The van der Waals surface area contributed by atoms with Crippen LogP contribution in [0.3, 0.4) is 0 Å². The van der Waals surface area contributed by atoms with E-state index in [-0.39, 0.29) is 13.1 Å². The van der Waals surface area contributed by atoms with E-state index < -0.39 is 21.9 Å². The number of hydrogen-bond acceptors (Lipinski definition) is 5. The molecule has 2 rings (SSSR count). The number of amides is 1. The number of rotatable bonds is 7. The number of benzene rings is 2. The van der Waals surface area contributed by atoms with Crippen LogP contribution in [0, 0.1) is 6.92 Å². The third-order valence-corrected chi connectivity index (χ3v) is 5.06. The Morgan fingerprint density at radius 2 is 1.70 bits per heavy atom. The maximum atomic E-state index is 12.3. The molecule has 8 heteroatoms. The molecule has 0 fully saturated rings. The van der Waals surface area contributed by atoms with Gasteiger partial charge < -0.3 is 10.1 Å². The lowest BCUT2D eigenvalue weighted by Gasteiger charge is -2.23. The third kappa shape index (κ3) is 5.55. The van der Waals surface area contributed by atoms with Crippen molar-refractivity contribution in [3.8, 4) is 0 Å². The van der Waals surface area contributed by atoms with Gasteiger partial charge in [-0.2, -0.15) is 0 Å². The van der Waals surface area contributed by atoms with Gasteiger partial charge in [0, 0.05) is 6.54 Å². The van der Waals surface area contributed by atoms with Crippen molar-refractivity contribution in [2.24, 2.45) is 0 Å². The molecule has 2 aromatic carbocycles. The molecule has 0 bridgehead atoms. The molecular formula is C19H22N2O5S. The molecule has 7 nitrogen and oxygen atoms in total. The van der Waals surface area contributed by atoms with Crippen LogP contribution < -0.4 is 9.62 Å². The minimum absolute atomic E-state index is 0.214. The van der Waals surface area contributed by atoms with Crippen molar-refractivity contribution in [2.75, 3.05) is 24.2 Å². The summed E-state index contributed by atoms with van der Waals surface area (Å²) >= 11 is 0. The quantitative estimate of drug-likeness (QED) is 0.729. The Balaban J connectivity index is 2.04. The number of sulfonamides is 1. The maximum Gasteiger partial charge on any atom is 0.337 e. The molecule has 0 aliphatic heterocycles. The van der Waals surface area contributed by atoms with Gasteiger partial charge in [0.2, 0.25) is 15.9 Å². The number of carbonyl (C=O) groups is 2. The van der Waals surface area contributed by atoms with Crippen LogP contribution in [0.15, 0.2) is 48.5 Å².